The van der Waals surface area contributed by atoms with Crippen molar-refractivity contribution >= 4 is 21.9 Å². The van der Waals surface area contributed by atoms with Crippen molar-refractivity contribution in [3.63, 3.8) is 0 Å². The number of aromatic nitrogens is 5. The van der Waals surface area contributed by atoms with E-state index in [-0.39, 0.29) is 0 Å². The van der Waals surface area contributed by atoms with E-state index >= 15 is 0 Å². The lowest BCUT2D eigenvalue weighted by atomic mass is 9.82. The molecule has 0 bridgehead atoms. The monoisotopic (exact) mass is 833 g/mol. The average molecular weight is 834 g/mol. The molecular formula is C60H43N5. The summed E-state index contributed by atoms with van der Waals surface area (Å²) in [5, 5.41) is 2.39. The Kier molecular flexibility index (Phi) is 10.6. The Hall–Kier alpha value is -8.41. The lowest BCUT2D eigenvalue weighted by Crippen LogP contribution is -2.06. The molecular weight excluding hydrogens is 791 g/mol. The fourth-order valence-electron chi connectivity index (χ4n) is 8.99. The van der Waals surface area contributed by atoms with Crippen molar-refractivity contribution in [2.45, 2.75) is 13.3 Å². The lowest BCUT2D eigenvalue weighted by Gasteiger charge is -2.23. The summed E-state index contributed by atoms with van der Waals surface area (Å²) in [5.41, 5.74) is 16.7. The largest absolute Gasteiger partial charge is 0.257 e. The van der Waals surface area contributed by atoms with Gasteiger partial charge in [-0.2, -0.15) is 0 Å². The number of nitrogens with zero attached hydrogens (tertiary/aromatic N) is 5. The second-order valence-corrected chi connectivity index (χ2v) is 16.5. The van der Waals surface area contributed by atoms with Gasteiger partial charge in [-0.15, -0.1) is 0 Å². The Morgan fingerprint density at radius 2 is 0.815 bits per heavy atom. The normalized spacial score (nSPS) is 13.6. The topological polar surface area (TPSA) is 64.5 Å². The van der Waals surface area contributed by atoms with Crippen molar-refractivity contribution in [2.24, 2.45) is 5.92 Å². The van der Waals surface area contributed by atoms with Crippen LogP contribution in [0.4, 0.5) is 0 Å². The SMILES string of the molecule is C[C@@H]1CC(c2cc(-c3ccc(-c4ccccn4)cc3)cc(-c3ccc(-c4ccc(-c5nc(-c6ccccc6)nc(-c6ccccc6)n5)cc4)c4ccccc34)c2)=CC=C1c1ccccn1. The summed E-state index contributed by atoms with van der Waals surface area (Å²) in [7, 11) is 0. The number of benzene rings is 7. The van der Waals surface area contributed by atoms with Gasteiger partial charge in [-0.1, -0.05) is 177 Å². The molecule has 1 aliphatic carbocycles. The van der Waals surface area contributed by atoms with Crippen LogP contribution in [0.15, 0.2) is 225 Å². The van der Waals surface area contributed by atoms with Crippen LogP contribution in [0.1, 0.15) is 24.6 Å². The highest BCUT2D eigenvalue weighted by molar-refractivity contribution is 6.05. The van der Waals surface area contributed by atoms with Gasteiger partial charge in [-0.3, -0.25) is 9.97 Å². The minimum absolute atomic E-state index is 0.322. The van der Waals surface area contributed by atoms with E-state index in [1.165, 1.54) is 49.7 Å². The Labute approximate surface area is 379 Å². The summed E-state index contributed by atoms with van der Waals surface area (Å²) in [5.74, 6) is 2.25. The molecule has 1 atom stereocenters. The third-order valence-electron chi connectivity index (χ3n) is 12.4. The molecule has 65 heavy (non-hydrogen) atoms. The van der Waals surface area contributed by atoms with Crippen molar-refractivity contribution in [1.29, 1.82) is 0 Å². The van der Waals surface area contributed by atoms with Crippen LogP contribution in [-0.2, 0) is 0 Å². The Morgan fingerprint density at radius 3 is 1.38 bits per heavy atom. The van der Waals surface area contributed by atoms with Crippen molar-refractivity contribution < 1.29 is 0 Å². The summed E-state index contributed by atoms with van der Waals surface area (Å²) >= 11 is 0. The summed E-state index contributed by atoms with van der Waals surface area (Å²) < 4.78 is 0. The minimum atomic E-state index is 0.322. The van der Waals surface area contributed by atoms with E-state index in [9.17, 15) is 0 Å². The van der Waals surface area contributed by atoms with Crippen molar-refractivity contribution in [3.8, 4) is 78.8 Å². The Morgan fingerprint density at radius 1 is 0.354 bits per heavy atom. The second-order valence-electron chi connectivity index (χ2n) is 16.5. The van der Waals surface area contributed by atoms with E-state index < -0.39 is 0 Å². The number of hydrogen-bond donors (Lipinski definition) is 0. The van der Waals surface area contributed by atoms with Gasteiger partial charge in [0.25, 0.3) is 0 Å². The van der Waals surface area contributed by atoms with E-state index in [4.69, 9.17) is 15.0 Å². The van der Waals surface area contributed by atoms with E-state index in [1.54, 1.807) is 0 Å². The fraction of sp³-hybridized carbons (Fsp3) is 0.0500. The molecule has 0 fully saturated rings. The van der Waals surface area contributed by atoms with Crippen LogP contribution in [0.3, 0.4) is 0 Å². The average Bonchev–Trinajstić information content (AvgIpc) is 3.39. The molecule has 0 saturated heterocycles. The standard InChI is InChI=1S/C60H43N5/c1-40-36-47(30-31-51(40)57-21-11-13-35-62-57)49-37-48(41-22-26-43(27-23-41)56-20-10-12-34-61-56)38-50(39-49)53-33-32-52(54-18-8-9-19-55(53)54)42-24-28-46(29-25-42)60-64-58(44-14-4-2-5-15-44)63-59(65-60)45-16-6-3-7-17-45/h2-35,37-40H,36H2,1H3/t40-/m1/s1. The first-order valence-electron chi connectivity index (χ1n) is 22.1. The van der Waals surface area contributed by atoms with Crippen molar-refractivity contribution in [2.75, 3.05) is 0 Å². The maximum atomic E-state index is 4.97. The smallest absolute Gasteiger partial charge is 0.164 e. The number of allylic oxidation sites excluding steroid dienone is 4. The maximum absolute atomic E-state index is 4.97. The first-order valence-corrected chi connectivity index (χ1v) is 22.1. The zero-order chi connectivity index (χ0) is 43.5. The molecule has 0 aliphatic heterocycles. The molecule has 11 rings (SSSR count). The van der Waals surface area contributed by atoms with Gasteiger partial charge >= 0.3 is 0 Å². The van der Waals surface area contributed by atoms with Gasteiger partial charge in [0.2, 0.25) is 0 Å². The number of hydrogen-bond acceptors (Lipinski definition) is 5. The van der Waals surface area contributed by atoms with E-state index in [1.807, 2.05) is 91.3 Å². The van der Waals surface area contributed by atoms with Crippen LogP contribution in [0, 0.1) is 5.92 Å². The van der Waals surface area contributed by atoms with Gasteiger partial charge in [0.1, 0.15) is 0 Å². The van der Waals surface area contributed by atoms with Crippen molar-refractivity contribution in [1.82, 2.24) is 24.9 Å². The zero-order valence-corrected chi connectivity index (χ0v) is 35.9. The molecule has 10 aromatic rings. The maximum Gasteiger partial charge on any atom is 0.164 e. The van der Waals surface area contributed by atoms with Gasteiger partial charge in [0.15, 0.2) is 17.5 Å². The molecule has 308 valence electrons. The molecule has 0 radical (unpaired) electrons. The zero-order valence-electron chi connectivity index (χ0n) is 35.9. The van der Waals surface area contributed by atoms with E-state index in [2.05, 4.69) is 150 Å². The molecule has 7 aromatic carbocycles. The third-order valence-corrected chi connectivity index (χ3v) is 12.4. The molecule has 0 amide bonds. The summed E-state index contributed by atoms with van der Waals surface area (Å²) in [4.78, 5) is 24.1. The van der Waals surface area contributed by atoms with Gasteiger partial charge in [0, 0.05) is 34.6 Å². The highest BCUT2D eigenvalue weighted by Crippen LogP contribution is 2.42. The van der Waals surface area contributed by atoms with E-state index in [0.29, 0.717) is 23.4 Å². The predicted molar refractivity (Wildman–Crippen MR) is 267 cm³/mol. The minimum Gasteiger partial charge on any atom is -0.257 e. The molecule has 1 aliphatic rings. The first kappa shape index (κ1) is 39.4. The Balaban J connectivity index is 0.986. The van der Waals surface area contributed by atoms with Crippen molar-refractivity contribution in [3.05, 3.63) is 236 Å². The highest BCUT2D eigenvalue weighted by Gasteiger charge is 2.21. The van der Waals surface area contributed by atoms with Crippen LogP contribution >= 0.6 is 0 Å². The highest BCUT2D eigenvalue weighted by atomic mass is 15.0. The number of rotatable bonds is 9. The van der Waals surface area contributed by atoms with Gasteiger partial charge < -0.3 is 0 Å². The Bertz CT molecular complexity index is 3310. The molecule has 0 unspecified atom stereocenters. The summed E-state index contributed by atoms with van der Waals surface area (Å²) in [6.45, 7) is 2.31. The van der Waals surface area contributed by atoms with Gasteiger partial charge in [0.05, 0.1) is 11.4 Å². The van der Waals surface area contributed by atoms with E-state index in [0.717, 1.165) is 51.2 Å². The molecule has 0 spiro atoms. The molecule has 3 aromatic heterocycles. The van der Waals surface area contributed by atoms with Crippen LogP contribution in [0.5, 0.6) is 0 Å². The quantitative estimate of drug-likeness (QED) is 0.145. The number of pyridine rings is 2. The lowest BCUT2D eigenvalue weighted by molar-refractivity contribution is 0.766. The van der Waals surface area contributed by atoms with Gasteiger partial charge in [-0.05, 0) is 116 Å². The molecule has 5 nitrogen and oxygen atoms in total. The second kappa shape index (κ2) is 17.4. The first-order chi connectivity index (χ1) is 32.1. The summed E-state index contributed by atoms with van der Waals surface area (Å²) in [6.07, 6.45) is 9.20. The molecule has 3 heterocycles. The number of fused-ring (bicyclic) bond motifs is 1. The van der Waals surface area contributed by atoms with Crippen LogP contribution < -0.4 is 0 Å². The third kappa shape index (κ3) is 8.08. The summed E-state index contributed by atoms with van der Waals surface area (Å²) in [6, 6.07) is 70.2. The predicted octanol–water partition coefficient (Wildman–Crippen LogP) is 15.0. The molecule has 5 heteroatoms. The molecule has 0 saturated carbocycles. The van der Waals surface area contributed by atoms with Gasteiger partial charge in [-0.25, -0.2) is 15.0 Å². The van der Waals surface area contributed by atoms with Crippen LogP contribution in [-0.4, -0.2) is 24.9 Å². The van der Waals surface area contributed by atoms with Crippen LogP contribution in [0.25, 0.3) is 101 Å². The molecule has 0 N–H and O–H groups in total. The van der Waals surface area contributed by atoms with Crippen LogP contribution in [0.2, 0.25) is 0 Å². The fourth-order valence-corrected chi connectivity index (χ4v) is 8.99.